The van der Waals surface area contributed by atoms with Gasteiger partial charge in [-0.3, -0.25) is 14.5 Å². The summed E-state index contributed by atoms with van der Waals surface area (Å²) in [5, 5.41) is 3.12. The fraction of sp³-hybridized carbons (Fsp3) is 0.333. The Labute approximate surface area is 187 Å². The summed E-state index contributed by atoms with van der Waals surface area (Å²) < 4.78 is 21.4. The molecule has 170 valence electrons. The Balaban J connectivity index is 2.01. The molecule has 3 rings (SSSR count). The van der Waals surface area contributed by atoms with Gasteiger partial charge in [0.25, 0.3) is 11.8 Å². The van der Waals surface area contributed by atoms with Crippen LogP contribution < -0.4 is 19.5 Å². The molecule has 0 fully saturated rings. The lowest BCUT2D eigenvalue weighted by atomic mass is 10.0. The Morgan fingerprint density at radius 3 is 2.19 bits per heavy atom. The van der Waals surface area contributed by atoms with Crippen molar-refractivity contribution in [1.29, 1.82) is 0 Å². The van der Waals surface area contributed by atoms with E-state index >= 15 is 0 Å². The van der Waals surface area contributed by atoms with Crippen molar-refractivity contribution in [3.8, 4) is 17.2 Å². The van der Waals surface area contributed by atoms with E-state index in [1.807, 2.05) is 26.0 Å². The van der Waals surface area contributed by atoms with Crippen LogP contribution in [0.5, 0.6) is 17.2 Å². The summed E-state index contributed by atoms with van der Waals surface area (Å²) in [5.74, 6) is 0.888. The average Bonchev–Trinajstić information content (AvgIpc) is 3.01. The maximum absolute atomic E-state index is 13.2. The smallest absolute Gasteiger partial charge is 0.278 e. The molecule has 0 aromatic heterocycles. The molecule has 0 bridgehead atoms. The highest BCUT2D eigenvalue weighted by Crippen LogP contribution is 2.35. The van der Waals surface area contributed by atoms with Gasteiger partial charge < -0.3 is 24.3 Å². The molecule has 1 aliphatic heterocycles. The Morgan fingerprint density at radius 1 is 0.906 bits per heavy atom. The summed E-state index contributed by atoms with van der Waals surface area (Å²) in [6, 6.07) is 12.3. The van der Waals surface area contributed by atoms with Gasteiger partial charge in [0.15, 0.2) is 11.5 Å². The highest BCUT2D eigenvalue weighted by molar-refractivity contribution is 6.36. The lowest BCUT2D eigenvalue weighted by Crippen LogP contribution is -2.35. The van der Waals surface area contributed by atoms with Crippen molar-refractivity contribution in [2.45, 2.75) is 20.0 Å². The highest BCUT2D eigenvalue weighted by Gasteiger charge is 2.39. The van der Waals surface area contributed by atoms with Crippen molar-refractivity contribution in [3.05, 3.63) is 53.7 Å². The molecular weight excluding hydrogens is 412 g/mol. The number of hydrogen-bond acceptors (Lipinski definition) is 7. The molecule has 8 heteroatoms. The van der Waals surface area contributed by atoms with Gasteiger partial charge >= 0.3 is 0 Å². The third-order valence-corrected chi connectivity index (χ3v) is 4.85. The molecule has 1 aliphatic rings. The zero-order valence-electron chi connectivity index (χ0n) is 18.9. The standard InChI is InChI=1S/C24H28N2O6/c1-15(2)32-18-9-7-17(8-10-18)25-22-21(23(27)26(24(22)28)12-13-29-3)16-6-11-19(30-4)20(14-16)31-5/h6-11,14-15,25H,12-13H2,1-5H3. The number of nitrogens with one attached hydrogen (secondary N) is 1. The molecule has 8 nitrogen and oxygen atoms in total. The second kappa shape index (κ2) is 10.2. The number of nitrogens with zero attached hydrogens (tertiary/aromatic N) is 1. The fourth-order valence-corrected chi connectivity index (χ4v) is 3.37. The third kappa shape index (κ3) is 4.86. The molecule has 1 N–H and O–H groups in total. The van der Waals surface area contributed by atoms with Gasteiger partial charge in [-0.1, -0.05) is 6.07 Å². The lowest BCUT2D eigenvalue weighted by molar-refractivity contribution is -0.137. The number of carbonyl (C=O) groups excluding carboxylic acids is 2. The van der Waals surface area contributed by atoms with E-state index in [0.29, 0.717) is 22.7 Å². The molecule has 0 unspecified atom stereocenters. The van der Waals surface area contributed by atoms with Crippen LogP contribution in [0, 0.1) is 0 Å². The van der Waals surface area contributed by atoms with Crippen molar-refractivity contribution in [3.63, 3.8) is 0 Å². The zero-order chi connectivity index (χ0) is 23.3. The van der Waals surface area contributed by atoms with E-state index < -0.39 is 11.8 Å². The van der Waals surface area contributed by atoms with Gasteiger partial charge in [0, 0.05) is 12.8 Å². The molecule has 1 heterocycles. The predicted molar refractivity (Wildman–Crippen MR) is 121 cm³/mol. The van der Waals surface area contributed by atoms with Crippen LogP contribution in [0.3, 0.4) is 0 Å². The van der Waals surface area contributed by atoms with E-state index in [-0.39, 0.29) is 30.5 Å². The molecule has 2 aromatic rings. The molecule has 0 aliphatic carbocycles. The maximum Gasteiger partial charge on any atom is 0.278 e. The first-order valence-corrected chi connectivity index (χ1v) is 10.2. The van der Waals surface area contributed by atoms with Crippen molar-refractivity contribution < 1.29 is 28.5 Å². The van der Waals surface area contributed by atoms with Crippen LogP contribution in [0.4, 0.5) is 5.69 Å². The van der Waals surface area contributed by atoms with Crippen molar-refractivity contribution in [1.82, 2.24) is 4.90 Å². The number of benzene rings is 2. The fourth-order valence-electron chi connectivity index (χ4n) is 3.37. The number of carbonyl (C=O) groups is 2. The van der Waals surface area contributed by atoms with Crippen LogP contribution in [0.1, 0.15) is 19.4 Å². The molecular formula is C24H28N2O6. The lowest BCUT2D eigenvalue weighted by Gasteiger charge is -2.15. The van der Waals surface area contributed by atoms with Gasteiger partial charge in [-0.05, 0) is 55.8 Å². The second-order valence-electron chi connectivity index (χ2n) is 7.39. The van der Waals surface area contributed by atoms with Crippen molar-refractivity contribution >= 4 is 23.1 Å². The van der Waals surface area contributed by atoms with E-state index in [2.05, 4.69) is 5.32 Å². The molecule has 0 saturated heterocycles. The summed E-state index contributed by atoms with van der Waals surface area (Å²) in [6.45, 7) is 4.29. The number of imide groups is 1. The largest absolute Gasteiger partial charge is 0.493 e. The SMILES string of the molecule is COCCN1C(=O)C(Nc2ccc(OC(C)C)cc2)=C(c2ccc(OC)c(OC)c2)C1=O. The summed E-state index contributed by atoms with van der Waals surface area (Å²) >= 11 is 0. The summed E-state index contributed by atoms with van der Waals surface area (Å²) in [6.07, 6.45) is 0.0524. The van der Waals surface area contributed by atoms with Gasteiger partial charge in [0.2, 0.25) is 0 Å². The number of hydrogen-bond donors (Lipinski definition) is 1. The predicted octanol–water partition coefficient (Wildman–Crippen LogP) is 3.33. The van der Waals surface area contributed by atoms with Crippen molar-refractivity contribution in [2.24, 2.45) is 0 Å². The molecule has 2 aromatic carbocycles. The first-order valence-electron chi connectivity index (χ1n) is 10.2. The van der Waals surface area contributed by atoms with E-state index in [4.69, 9.17) is 18.9 Å². The molecule has 0 saturated carbocycles. The van der Waals surface area contributed by atoms with Crippen LogP contribution in [-0.4, -0.2) is 57.3 Å². The van der Waals surface area contributed by atoms with E-state index in [9.17, 15) is 9.59 Å². The topological polar surface area (TPSA) is 86.3 Å². The Hall–Kier alpha value is -3.52. The number of methoxy groups -OCH3 is 3. The van der Waals surface area contributed by atoms with E-state index in [1.54, 1.807) is 30.3 Å². The average molecular weight is 440 g/mol. The minimum absolute atomic E-state index is 0.0524. The van der Waals surface area contributed by atoms with E-state index in [1.165, 1.54) is 26.2 Å². The Bertz CT molecular complexity index is 1010. The quantitative estimate of drug-likeness (QED) is 0.567. The normalized spacial score (nSPS) is 13.8. The van der Waals surface area contributed by atoms with Gasteiger partial charge in [-0.25, -0.2) is 0 Å². The number of rotatable bonds is 10. The summed E-state index contributed by atoms with van der Waals surface area (Å²) in [5.41, 5.74) is 1.65. The molecule has 32 heavy (non-hydrogen) atoms. The number of amides is 2. The van der Waals surface area contributed by atoms with Crippen LogP contribution in [0.2, 0.25) is 0 Å². The molecule has 0 spiro atoms. The van der Waals surface area contributed by atoms with Gasteiger partial charge in [0.05, 0.1) is 39.0 Å². The number of ether oxygens (including phenoxy) is 4. The van der Waals surface area contributed by atoms with Gasteiger partial charge in [-0.15, -0.1) is 0 Å². The van der Waals surface area contributed by atoms with Gasteiger partial charge in [0.1, 0.15) is 11.4 Å². The maximum atomic E-state index is 13.2. The van der Waals surface area contributed by atoms with E-state index in [0.717, 1.165) is 5.75 Å². The minimum atomic E-state index is -0.417. The Morgan fingerprint density at radius 2 is 1.59 bits per heavy atom. The molecule has 0 atom stereocenters. The third-order valence-electron chi connectivity index (χ3n) is 4.85. The second-order valence-corrected chi connectivity index (χ2v) is 7.39. The zero-order valence-corrected chi connectivity index (χ0v) is 18.9. The first kappa shape index (κ1) is 23.1. The minimum Gasteiger partial charge on any atom is -0.493 e. The van der Waals surface area contributed by atoms with Crippen LogP contribution >= 0.6 is 0 Å². The Kier molecular flexibility index (Phi) is 7.37. The summed E-state index contributed by atoms with van der Waals surface area (Å²) in [7, 11) is 4.57. The summed E-state index contributed by atoms with van der Waals surface area (Å²) in [4.78, 5) is 27.5. The molecule has 2 amide bonds. The highest BCUT2D eigenvalue weighted by atomic mass is 16.5. The number of anilines is 1. The first-order chi connectivity index (χ1) is 15.4. The van der Waals surface area contributed by atoms with Crippen LogP contribution in [-0.2, 0) is 14.3 Å². The molecule has 0 radical (unpaired) electrons. The van der Waals surface area contributed by atoms with Crippen molar-refractivity contribution in [2.75, 3.05) is 39.8 Å². The van der Waals surface area contributed by atoms with Crippen LogP contribution in [0.25, 0.3) is 5.57 Å². The van der Waals surface area contributed by atoms with Crippen LogP contribution in [0.15, 0.2) is 48.2 Å². The van der Waals surface area contributed by atoms with Gasteiger partial charge in [-0.2, -0.15) is 0 Å². The monoisotopic (exact) mass is 440 g/mol.